The Kier molecular flexibility index (Phi) is 7.63. The molecule has 0 radical (unpaired) electrons. The van der Waals surface area contributed by atoms with E-state index in [-0.39, 0.29) is 39.7 Å². The standard InChI is InChI=1S/C19H20N8O8S3/c1-3-26-13(30)12(29)23-24-18(26)38-5-7-4-36-16-19(35-2,15(33)27(16)10(7)14(31)32)22-11(28)9(25-34)8-6-37-17(20)21-8/h6,16,34H,3-5H2,1-2H3,(H2,20,21)(H,22,28)(H,23,29)(H,31,32)/t16-,19?/m0/s1. The summed E-state index contributed by atoms with van der Waals surface area (Å²) in [6, 6.07) is 0. The van der Waals surface area contributed by atoms with Crippen molar-refractivity contribution in [2.45, 2.75) is 29.7 Å². The van der Waals surface area contributed by atoms with E-state index in [9.17, 15) is 34.6 Å². The molecule has 0 aliphatic carbocycles. The lowest BCUT2D eigenvalue weighted by atomic mass is 9.98. The number of methoxy groups -OCH3 is 1. The molecular formula is C19H20N8O8S3. The second-order valence-corrected chi connectivity index (χ2v) is 10.6. The number of aromatic nitrogens is 4. The largest absolute Gasteiger partial charge is 0.488 e. The highest BCUT2D eigenvalue weighted by molar-refractivity contribution is 8.01. The number of nitrogens with zero attached hydrogens (tertiary/aromatic N) is 6. The van der Waals surface area contributed by atoms with Crippen molar-refractivity contribution in [2.75, 3.05) is 24.3 Å². The smallest absolute Gasteiger partial charge is 0.352 e. The van der Waals surface area contributed by atoms with Crippen LogP contribution in [0.15, 0.2) is 31.8 Å². The van der Waals surface area contributed by atoms with E-state index in [0.29, 0.717) is 5.57 Å². The first-order chi connectivity index (χ1) is 18.1. The highest BCUT2D eigenvalue weighted by Gasteiger charge is 2.66. The number of nitrogen functional groups attached to an aromatic ring is 1. The van der Waals surface area contributed by atoms with E-state index < -0.39 is 46.0 Å². The van der Waals surface area contributed by atoms with Crippen LogP contribution in [0.3, 0.4) is 0 Å². The van der Waals surface area contributed by atoms with Gasteiger partial charge in [-0.25, -0.2) is 9.78 Å². The van der Waals surface area contributed by atoms with Gasteiger partial charge in [0, 0.05) is 30.5 Å². The quantitative estimate of drug-likeness (QED) is 0.0599. The summed E-state index contributed by atoms with van der Waals surface area (Å²) < 4.78 is 6.57. The number of ether oxygens (including phenoxy) is 1. The number of fused-ring (bicyclic) bond motifs is 1. The molecule has 19 heteroatoms. The van der Waals surface area contributed by atoms with Gasteiger partial charge in [-0.15, -0.1) is 33.3 Å². The Morgan fingerprint density at radius 3 is 2.71 bits per heavy atom. The fourth-order valence-electron chi connectivity index (χ4n) is 3.82. The van der Waals surface area contributed by atoms with E-state index in [1.54, 1.807) is 6.92 Å². The number of carboxylic acid groups (broad SMARTS) is 1. The normalized spacial score (nSPS) is 21.2. The molecule has 2 amide bonds. The summed E-state index contributed by atoms with van der Waals surface area (Å²) in [7, 11) is 1.18. The number of thioether (sulfide) groups is 2. The van der Waals surface area contributed by atoms with Gasteiger partial charge in [-0.05, 0) is 12.5 Å². The molecule has 202 valence electrons. The summed E-state index contributed by atoms with van der Waals surface area (Å²) in [6.07, 6.45) is 0. The van der Waals surface area contributed by atoms with Crippen LogP contribution in [0.2, 0.25) is 0 Å². The summed E-state index contributed by atoms with van der Waals surface area (Å²) >= 11 is 3.17. The second kappa shape index (κ2) is 10.6. The molecule has 1 unspecified atom stereocenters. The number of rotatable bonds is 9. The Labute approximate surface area is 225 Å². The fraction of sp³-hybridized carbons (Fsp3) is 0.368. The monoisotopic (exact) mass is 584 g/mol. The number of nitrogens with one attached hydrogen (secondary N) is 1. The molecule has 4 rings (SSSR count). The maximum absolute atomic E-state index is 13.3. The minimum absolute atomic E-state index is 0.0213. The number of carboxylic acids is 1. The second-order valence-electron chi connectivity index (χ2n) is 7.65. The zero-order chi connectivity index (χ0) is 27.8. The lowest BCUT2D eigenvalue weighted by molar-refractivity contribution is -0.191. The van der Waals surface area contributed by atoms with Crippen molar-refractivity contribution in [3.05, 3.63) is 32.7 Å². The summed E-state index contributed by atoms with van der Waals surface area (Å²) in [5.41, 5.74) is 2.42. The van der Waals surface area contributed by atoms with Gasteiger partial charge >= 0.3 is 11.5 Å². The van der Waals surface area contributed by atoms with E-state index >= 15 is 0 Å². The van der Waals surface area contributed by atoms with E-state index in [1.807, 2.05) is 0 Å². The van der Waals surface area contributed by atoms with Gasteiger partial charge in [0.2, 0.25) is 0 Å². The van der Waals surface area contributed by atoms with Crippen LogP contribution in [0.25, 0.3) is 0 Å². The highest BCUT2D eigenvalue weighted by atomic mass is 32.2. The highest BCUT2D eigenvalue weighted by Crippen LogP contribution is 2.47. The third-order valence-electron chi connectivity index (χ3n) is 5.60. The van der Waals surface area contributed by atoms with Crippen LogP contribution in [0.1, 0.15) is 12.6 Å². The Morgan fingerprint density at radius 1 is 1.39 bits per heavy atom. The number of aliphatic carboxylic acids is 1. The molecule has 0 saturated carbocycles. The number of hydrogen-bond acceptors (Lipinski definition) is 15. The molecule has 16 nitrogen and oxygen atoms in total. The van der Waals surface area contributed by atoms with E-state index in [4.69, 9.17) is 10.5 Å². The zero-order valence-corrected chi connectivity index (χ0v) is 22.1. The minimum atomic E-state index is -1.94. The molecule has 2 aromatic rings. The average Bonchev–Trinajstić information content (AvgIpc) is 3.32. The molecule has 2 aromatic heterocycles. The van der Waals surface area contributed by atoms with Crippen LogP contribution in [0.5, 0.6) is 5.88 Å². The maximum atomic E-state index is 13.3. The van der Waals surface area contributed by atoms with Gasteiger partial charge in [0.15, 0.2) is 16.0 Å². The van der Waals surface area contributed by atoms with Crippen LogP contribution in [0.4, 0.5) is 5.13 Å². The van der Waals surface area contributed by atoms with Crippen LogP contribution in [-0.2, 0) is 25.7 Å². The molecule has 2 atom stereocenters. The first kappa shape index (κ1) is 27.4. The molecule has 1 fully saturated rings. The Bertz CT molecular complexity index is 1440. The third kappa shape index (κ3) is 4.46. The van der Waals surface area contributed by atoms with Gasteiger partial charge in [0.25, 0.3) is 23.4 Å². The number of carbonyl (C=O) groups excluding carboxylic acids is 2. The van der Waals surface area contributed by atoms with Crippen LogP contribution in [0, 0.1) is 0 Å². The summed E-state index contributed by atoms with van der Waals surface area (Å²) in [5, 5.41) is 42.1. The number of oxime groups is 1. The van der Waals surface area contributed by atoms with Gasteiger partial charge in [0.05, 0.1) is 0 Å². The molecule has 4 heterocycles. The number of hydrogen-bond donors (Lipinski definition) is 5. The predicted molar refractivity (Wildman–Crippen MR) is 135 cm³/mol. The molecule has 1 saturated heterocycles. The Morgan fingerprint density at radius 2 is 2.13 bits per heavy atom. The molecule has 2 aliphatic rings. The van der Waals surface area contributed by atoms with E-state index in [1.165, 1.54) is 17.1 Å². The lowest BCUT2D eigenvalue weighted by Crippen LogP contribution is -2.81. The molecule has 6 N–H and O–H groups in total. The first-order valence-corrected chi connectivity index (χ1v) is 13.5. The SMILES string of the molecule is CCn1c(SCC2=C(C(=O)O)N3C(=O)C(NC(=O)C(=NO)c4csc(N)n4)(OC)[C@@H]3SC2)nnc(O)c1=O. The Hall–Kier alpha value is -3.68. The molecule has 0 bridgehead atoms. The van der Waals surface area contributed by atoms with Crippen molar-refractivity contribution < 1.29 is 34.5 Å². The minimum Gasteiger partial charge on any atom is -0.488 e. The molecule has 0 aromatic carbocycles. The predicted octanol–water partition coefficient (Wildman–Crippen LogP) is -0.914. The third-order valence-corrected chi connectivity index (χ3v) is 8.70. The van der Waals surface area contributed by atoms with Gasteiger partial charge in [-0.3, -0.25) is 23.9 Å². The number of nitrogens with two attached hydrogens (primary N) is 1. The number of amides is 2. The number of aromatic hydroxyl groups is 1. The molecule has 0 spiro atoms. The molecule has 38 heavy (non-hydrogen) atoms. The number of carbonyl (C=O) groups is 3. The van der Waals surface area contributed by atoms with Crippen molar-refractivity contribution in [2.24, 2.45) is 5.16 Å². The summed E-state index contributed by atoms with van der Waals surface area (Å²) in [6.45, 7) is 1.86. The van der Waals surface area contributed by atoms with Gasteiger partial charge in [-0.2, -0.15) is 0 Å². The van der Waals surface area contributed by atoms with Crippen LogP contribution >= 0.6 is 34.9 Å². The first-order valence-electron chi connectivity index (χ1n) is 10.6. The lowest BCUT2D eigenvalue weighted by Gasteiger charge is -2.55. The van der Waals surface area contributed by atoms with E-state index in [2.05, 4.69) is 25.7 Å². The van der Waals surface area contributed by atoms with E-state index in [0.717, 1.165) is 39.8 Å². The number of anilines is 1. The van der Waals surface area contributed by atoms with Crippen LogP contribution in [-0.4, -0.2) is 93.3 Å². The zero-order valence-electron chi connectivity index (χ0n) is 19.6. The fourth-order valence-corrected chi connectivity index (χ4v) is 6.95. The van der Waals surface area contributed by atoms with Gasteiger partial charge < -0.3 is 31.2 Å². The Balaban J connectivity index is 1.59. The van der Waals surface area contributed by atoms with Crippen LogP contribution < -0.4 is 16.6 Å². The maximum Gasteiger partial charge on any atom is 0.352 e. The van der Waals surface area contributed by atoms with Gasteiger partial charge in [-0.1, -0.05) is 16.9 Å². The van der Waals surface area contributed by atoms with Crippen molar-refractivity contribution >= 4 is 63.5 Å². The number of thiazole rings is 1. The molecule has 2 aliphatic heterocycles. The van der Waals surface area contributed by atoms with Crippen molar-refractivity contribution in [1.82, 2.24) is 30.0 Å². The van der Waals surface area contributed by atoms with Crippen molar-refractivity contribution in [3.8, 4) is 5.88 Å². The molecular weight excluding hydrogens is 564 g/mol. The summed E-state index contributed by atoms with van der Waals surface area (Å²) in [4.78, 5) is 55.4. The van der Waals surface area contributed by atoms with Crippen molar-refractivity contribution in [1.29, 1.82) is 0 Å². The average molecular weight is 585 g/mol. The number of β-lactam (4-membered cyclic amide) rings is 1. The van der Waals surface area contributed by atoms with Gasteiger partial charge in [0.1, 0.15) is 16.8 Å². The summed E-state index contributed by atoms with van der Waals surface area (Å²) in [5.74, 6) is -3.79. The van der Waals surface area contributed by atoms with Crippen molar-refractivity contribution in [3.63, 3.8) is 0 Å². The topological polar surface area (TPSA) is 235 Å².